The lowest BCUT2D eigenvalue weighted by molar-refractivity contribution is 0.0787. The monoisotopic (exact) mass is 529 g/mol. The largest absolute Gasteiger partial charge is 0.337 e. The van der Waals surface area contributed by atoms with Crippen molar-refractivity contribution in [2.45, 2.75) is 30.7 Å². The third kappa shape index (κ3) is 4.73. The van der Waals surface area contributed by atoms with Gasteiger partial charge in [-0.2, -0.15) is 0 Å². The molecule has 1 aliphatic rings. The molecule has 2 aromatic carbocycles. The Bertz CT molecular complexity index is 1350. The molecule has 4 aromatic rings. The molecular weight excluding hydrogens is 509 g/mol. The number of likely N-dealkylation sites (tertiary alicyclic amines) is 1. The van der Waals surface area contributed by atoms with E-state index in [9.17, 15) is 4.79 Å². The number of thioether (sulfide) groups is 1. The van der Waals surface area contributed by atoms with Gasteiger partial charge in [-0.3, -0.25) is 9.36 Å². The molecule has 174 valence electrons. The van der Waals surface area contributed by atoms with E-state index < -0.39 is 0 Å². The average molecular weight is 531 g/mol. The molecule has 1 fully saturated rings. The van der Waals surface area contributed by atoms with E-state index >= 15 is 0 Å². The molecule has 6 nitrogen and oxygen atoms in total. The van der Waals surface area contributed by atoms with Crippen LogP contribution in [0.2, 0.25) is 10.0 Å². The maximum absolute atomic E-state index is 12.6. The number of aromatic nitrogens is 4. The van der Waals surface area contributed by atoms with Gasteiger partial charge in [0.2, 0.25) is 0 Å². The Morgan fingerprint density at radius 2 is 1.91 bits per heavy atom. The molecule has 5 rings (SSSR count). The fourth-order valence-electron chi connectivity index (χ4n) is 3.90. The van der Waals surface area contributed by atoms with Gasteiger partial charge >= 0.3 is 0 Å². The molecular formula is C24H21Cl2N5OS2. The van der Waals surface area contributed by atoms with Crippen molar-refractivity contribution in [3.8, 4) is 17.1 Å². The zero-order valence-electron chi connectivity index (χ0n) is 18.4. The summed E-state index contributed by atoms with van der Waals surface area (Å²) in [4.78, 5) is 19.1. The molecule has 0 bridgehead atoms. The summed E-state index contributed by atoms with van der Waals surface area (Å²) in [5, 5.41) is 13.6. The number of hydrogen-bond donors (Lipinski definition) is 0. The first-order chi connectivity index (χ1) is 16.5. The van der Waals surface area contributed by atoms with Gasteiger partial charge in [0, 0.05) is 29.1 Å². The second-order valence-corrected chi connectivity index (χ2v) is 10.7. The highest BCUT2D eigenvalue weighted by Gasteiger charge is 2.23. The minimum Gasteiger partial charge on any atom is -0.337 e. The number of hydrogen-bond acceptors (Lipinski definition) is 6. The number of aryl methyl sites for hydroxylation is 1. The van der Waals surface area contributed by atoms with E-state index in [4.69, 9.17) is 23.2 Å². The molecule has 0 atom stereocenters. The lowest BCUT2D eigenvalue weighted by Crippen LogP contribution is -2.27. The van der Waals surface area contributed by atoms with Gasteiger partial charge in [-0.1, -0.05) is 53.2 Å². The smallest absolute Gasteiger partial charge is 0.273 e. The maximum atomic E-state index is 12.6. The van der Waals surface area contributed by atoms with Gasteiger partial charge < -0.3 is 4.90 Å². The lowest BCUT2D eigenvalue weighted by Gasteiger charge is -2.14. The zero-order chi connectivity index (χ0) is 23.7. The Kier molecular flexibility index (Phi) is 6.92. The van der Waals surface area contributed by atoms with Gasteiger partial charge in [0.25, 0.3) is 5.91 Å². The first-order valence-corrected chi connectivity index (χ1v) is 13.5. The first kappa shape index (κ1) is 23.4. The summed E-state index contributed by atoms with van der Waals surface area (Å²) in [6.07, 6.45) is 2.12. The van der Waals surface area contributed by atoms with Crippen LogP contribution in [0.25, 0.3) is 17.1 Å². The molecule has 3 heterocycles. The summed E-state index contributed by atoms with van der Waals surface area (Å²) < 4.78 is 1.98. The molecule has 34 heavy (non-hydrogen) atoms. The van der Waals surface area contributed by atoms with Crippen LogP contribution in [-0.4, -0.2) is 43.6 Å². The fraction of sp³-hybridized carbons (Fsp3) is 0.250. The fourth-order valence-corrected chi connectivity index (χ4v) is 6.02. The maximum Gasteiger partial charge on any atom is 0.273 e. The Hall–Kier alpha value is -2.39. The van der Waals surface area contributed by atoms with Crippen LogP contribution in [0.3, 0.4) is 0 Å². The summed E-state index contributed by atoms with van der Waals surface area (Å²) in [5.74, 6) is 1.23. The summed E-state index contributed by atoms with van der Waals surface area (Å²) in [7, 11) is 0. The van der Waals surface area contributed by atoms with Crippen LogP contribution >= 0.6 is 46.3 Å². The highest BCUT2D eigenvalue weighted by atomic mass is 35.5. The normalized spacial score (nSPS) is 13.6. The standard InChI is InChI=1S/C24H21Cl2N5OS2/c1-15-8-9-16(25)12-20(15)31-22(17-6-2-3-7-18(17)26)28-29-24(31)34-14-21-27-19(13-33-21)23(32)30-10-4-5-11-30/h2-3,6-9,12-13H,4-5,10-11,14H2,1H3. The number of amides is 1. The Balaban J connectivity index is 1.46. The van der Waals surface area contributed by atoms with Gasteiger partial charge in [0.1, 0.15) is 10.7 Å². The molecule has 0 radical (unpaired) electrons. The van der Waals surface area contributed by atoms with Crippen LogP contribution in [0.1, 0.15) is 33.9 Å². The topological polar surface area (TPSA) is 63.9 Å². The van der Waals surface area contributed by atoms with E-state index in [0.717, 1.165) is 47.8 Å². The first-order valence-electron chi connectivity index (χ1n) is 10.8. The van der Waals surface area contributed by atoms with Crippen molar-refractivity contribution >= 4 is 52.2 Å². The van der Waals surface area contributed by atoms with Crippen molar-refractivity contribution in [2.24, 2.45) is 0 Å². The Labute approximate surface area is 215 Å². The number of rotatable bonds is 6. The van der Waals surface area contributed by atoms with Crippen LogP contribution in [0, 0.1) is 6.92 Å². The van der Waals surface area contributed by atoms with Gasteiger partial charge in [0.05, 0.1) is 16.5 Å². The Morgan fingerprint density at radius 3 is 2.71 bits per heavy atom. The van der Waals surface area contributed by atoms with Crippen molar-refractivity contribution in [3.63, 3.8) is 0 Å². The van der Waals surface area contributed by atoms with E-state index in [2.05, 4.69) is 15.2 Å². The molecule has 1 saturated heterocycles. The van der Waals surface area contributed by atoms with Crippen molar-refractivity contribution in [1.29, 1.82) is 0 Å². The molecule has 0 N–H and O–H groups in total. The van der Waals surface area contributed by atoms with E-state index in [1.165, 1.54) is 23.1 Å². The summed E-state index contributed by atoms with van der Waals surface area (Å²) in [5.41, 5.74) is 3.23. The van der Waals surface area contributed by atoms with Crippen molar-refractivity contribution in [3.05, 3.63) is 74.2 Å². The number of benzene rings is 2. The number of carbonyl (C=O) groups excluding carboxylic acids is 1. The van der Waals surface area contributed by atoms with Gasteiger partial charge in [-0.15, -0.1) is 21.5 Å². The van der Waals surface area contributed by atoms with Gasteiger partial charge in [0.15, 0.2) is 11.0 Å². The summed E-state index contributed by atoms with van der Waals surface area (Å²) in [6, 6.07) is 13.3. The molecule has 0 unspecified atom stereocenters. The second-order valence-electron chi connectivity index (χ2n) is 7.97. The number of halogens is 2. The molecule has 1 amide bonds. The SMILES string of the molecule is Cc1ccc(Cl)cc1-n1c(SCc2nc(C(=O)N3CCCC3)cs2)nnc1-c1ccccc1Cl. The number of nitrogens with zero attached hydrogens (tertiary/aromatic N) is 5. The quantitative estimate of drug-likeness (QED) is 0.265. The summed E-state index contributed by atoms with van der Waals surface area (Å²) in [6.45, 7) is 3.65. The van der Waals surface area contributed by atoms with Crippen LogP contribution in [0.15, 0.2) is 53.0 Å². The average Bonchev–Trinajstić information content (AvgIpc) is 3.60. The third-order valence-corrected chi connectivity index (χ3v) is 8.19. The van der Waals surface area contributed by atoms with E-state index in [0.29, 0.717) is 32.5 Å². The Morgan fingerprint density at radius 1 is 1.12 bits per heavy atom. The van der Waals surface area contributed by atoms with Crippen molar-refractivity contribution in [2.75, 3.05) is 13.1 Å². The zero-order valence-corrected chi connectivity index (χ0v) is 21.5. The molecule has 0 saturated carbocycles. The van der Waals surface area contributed by atoms with Crippen LogP contribution in [0.4, 0.5) is 0 Å². The minimum atomic E-state index is 0.0173. The predicted molar refractivity (Wildman–Crippen MR) is 138 cm³/mol. The molecule has 0 aliphatic carbocycles. The highest BCUT2D eigenvalue weighted by Crippen LogP contribution is 2.35. The van der Waals surface area contributed by atoms with Crippen LogP contribution in [-0.2, 0) is 5.75 Å². The van der Waals surface area contributed by atoms with Gasteiger partial charge in [-0.25, -0.2) is 4.98 Å². The second kappa shape index (κ2) is 10.1. The van der Waals surface area contributed by atoms with E-state index in [1.807, 2.05) is 64.2 Å². The third-order valence-electron chi connectivity index (χ3n) is 5.65. The lowest BCUT2D eigenvalue weighted by atomic mass is 10.1. The molecule has 0 spiro atoms. The van der Waals surface area contributed by atoms with Crippen molar-refractivity contribution in [1.82, 2.24) is 24.6 Å². The van der Waals surface area contributed by atoms with Gasteiger partial charge in [-0.05, 0) is 49.6 Å². The predicted octanol–water partition coefficient (Wildman–Crippen LogP) is 6.53. The molecule has 2 aromatic heterocycles. The minimum absolute atomic E-state index is 0.0173. The highest BCUT2D eigenvalue weighted by molar-refractivity contribution is 7.98. The molecule has 1 aliphatic heterocycles. The van der Waals surface area contributed by atoms with E-state index in [1.54, 1.807) is 0 Å². The number of thiazole rings is 1. The van der Waals surface area contributed by atoms with Crippen molar-refractivity contribution < 1.29 is 4.79 Å². The van der Waals surface area contributed by atoms with E-state index in [-0.39, 0.29) is 5.91 Å². The number of carbonyl (C=O) groups is 1. The van der Waals surface area contributed by atoms with Crippen LogP contribution < -0.4 is 0 Å². The summed E-state index contributed by atoms with van der Waals surface area (Å²) >= 11 is 15.8. The van der Waals surface area contributed by atoms with Crippen LogP contribution in [0.5, 0.6) is 0 Å². The molecule has 10 heteroatoms.